The molecular weight excluding hydrogens is 168 g/mol. The Balaban J connectivity index is 2.72. The van der Waals surface area contributed by atoms with E-state index >= 15 is 0 Å². The molecule has 0 aliphatic carbocycles. The summed E-state index contributed by atoms with van der Waals surface area (Å²) in [6, 6.07) is 0. The van der Waals surface area contributed by atoms with E-state index in [0.29, 0.717) is 5.92 Å². The minimum atomic E-state index is -1.08. The fourth-order valence-electron chi connectivity index (χ4n) is 0.926. The average molecular weight is 176 g/mol. The number of rotatable bonds is 0. The van der Waals surface area contributed by atoms with Crippen molar-refractivity contribution in [1.82, 2.24) is 0 Å². The van der Waals surface area contributed by atoms with E-state index in [4.69, 9.17) is 28.8 Å². The maximum Gasteiger partial charge on any atom is 0.0304 e. The maximum atomic E-state index is 5.23. The molecule has 0 amide bonds. The van der Waals surface area contributed by atoms with Crippen LogP contribution in [0.15, 0.2) is 0 Å². The lowest BCUT2D eigenvalue weighted by Crippen LogP contribution is -1.99. The highest BCUT2D eigenvalue weighted by atomic mass is 33.1. The van der Waals surface area contributed by atoms with Crippen LogP contribution in [0.5, 0.6) is 0 Å². The van der Waals surface area contributed by atoms with Crippen molar-refractivity contribution < 1.29 is 0 Å². The first kappa shape index (κ1) is 7.46. The Morgan fingerprint density at radius 2 is 2.22 bits per heavy atom. The van der Waals surface area contributed by atoms with Crippen LogP contribution in [-0.2, 0) is 29.5 Å². The smallest absolute Gasteiger partial charge is 0.0304 e. The Morgan fingerprint density at radius 1 is 1.56 bits per heavy atom. The molecule has 0 spiro atoms. The van der Waals surface area contributed by atoms with Gasteiger partial charge in [-0.15, -0.1) is 12.3 Å². The molecule has 0 N–H and O–H groups in total. The van der Waals surface area contributed by atoms with Crippen LogP contribution in [0.2, 0.25) is 0 Å². The Bertz CT molecular complexity index is 230. The van der Waals surface area contributed by atoms with Crippen LogP contribution >= 0.6 is 0 Å². The lowest BCUT2D eigenvalue weighted by Gasteiger charge is -1.95. The lowest BCUT2D eigenvalue weighted by molar-refractivity contribution is 0.776. The molecule has 0 saturated carbocycles. The molecule has 0 aromatic rings. The van der Waals surface area contributed by atoms with Crippen LogP contribution in [-0.4, -0.2) is 11.5 Å². The lowest BCUT2D eigenvalue weighted by atomic mass is 10.1. The van der Waals surface area contributed by atoms with Crippen LogP contribution in [0.3, 0.4) is 0 Å². The summed E-state index contributed by atoms with van der Waals surface area (Å²) < 4.78 is 0. The van der Waals surface area contributed by atoms with Gasteiger partial charge in [-0.3, -0.25) is 0 Å². The second-order valence-corrected chi connectivity index (χ2v) is 8.96. The molecule has 1 saturated heterocycles. The number of hydrogen-bond donors (Lipinski definition) is 0. The summed E-state index contributed by atoms with van der Waals surface area (Å²) in [5.74, 6) is 5.06. The van der Waals surface area contributed by atoms with Crippen LogP contribution in [0.4, 0.5) is 0 Å². The first-order valence-corrected chi connectivity index (χ1v) is 6.63. The Morgan fingerprint density at radius 3 is 2.44 bits per heavy atom. The van der Waals surface area contributed by atoms with Gasteiger partial charge in [-0.1, -0.05) is 7.15 Å². The van der Waals surface area contributed by atoms with Crippen molar-refractivity contribution in [2.75, 3.05) is 11.5 Å². The molecule has 0 aromatic heterocycles. The van der Waals surface area contributed by atoms with Gasteiger partial charge in [0.2, 0.25) is 0 Å². The minimum Gasteiger partial charge on any atom is -0.120 e. The van der Waals surface area contributed by atoms with Gasteiger partial charge >= 0.3 is 0 Å². The Labute approximate surface area is 65.8 Å². The molecule has 0 nitrogen and oxygen atoms in total. The molecule has 1 heterocycles. The van der Waals surface area contributed by atoms with Crippen molar-refractivity contribution in [2.24, 2.45) is 5.92 Å². The molecule has 9 heavy (non-hydrogen) atoms. The summed E-state index contributed by atoms with van der Waals surface area (Å²) in [5.41, 5.74) is 0. The zero-order chi connectivity index (χ0) is 6.91. The molecule has 0 aromatic carbocycles. The molecule has 1 aliphatic heterocycles. The molecule has 1 atom stereocenters. The van der Waals surface area contributed by atoms with E-state index in [2.05, 4.69) is 5.92 Å². The largest absolute Gasteiger partial charge is 0.120 e. The first-order chi connectivity index (χ1) is 4.14. The highest BCUT2D eigenvalue weighted by Gasteiger charge is 2.19. The second kappa shape index (κ2) is 2.53. The quantitative estimate of drug-likeness (QED) is 0.499. The van der Waals surface area contributed by atoms with Crippen molar-refractivity contribution in [1.29, 1.82) is 0 Å². The maximum absolute atomic E-state index is 5.23. The fraction of sp³-hybridized carbons (Fsp3) is 0.667. The van der Waals surface area contributed by atoms with Crippen molar-refractivity contribution in [3.05, 3.63) is 0 Å². The van der Waals surface area contributed by atoms with E-state index in [1.165, 1.54) is 0 Å². The minimum absolute atomic E-state index is 0.398. The third-order valence-corrected chi connectivity index (χ3v) is 5.05. The third kappa shape index (κ3) is 1.89. The highest BCUT2D eigenvalue weighted by molar-refractivity contribution is 8.56. The highest BCUT2D eigenvalue weighted by Crippen LogP contribution is 2.17. The van der Waals surface area contributed by atoms with Gasteiger partial charge in [0, 0.05) is 17.4 Å². The molecule has 0 radical (unpaired) electrons. The van der Waals surface area contributed by atoms with E-state index in [9.17, 15) is 0 Å². The molecule has 3 heteroatoms. The van der Waals surface area contributed by atoms with Crippen molar-refractivity contribution >= 4 is 29.5 Å². The van der Waals surface area contributed by atoms with Crippen LogP contribution < -0.4 is 0 Å². The number of terminal acetylenes is 1. The fourth-order valence-corrected chi connectivity index (χ4v) is 4.18. The molecule has 0 bridgehead atoms. The average Bonchev–Trinajstić information content (AvgIpc) is 2.10. The predicted octanol–water partition coefficient (Wildman–Crippen LogP) is 0.717. The zero-order valence-corrected chi connectivity index (χ0v) is 7.45. The topological polar surface area (TPSA) is 0 Å². The first-order valence-electron chi connectivity index (χ1n) is 2.80. The van der Waals surface area contributed by atoms with E-state index in [1.807, 2.05) is 0 Å². The molecule has 1 aliphatic rings. The number of hydrogen-bond acceptors (Lipinski definition) is 2. The van der Waals surface area contributed by atoms with Gasteiger partial charge in [0.25, 0.3) is 0 Å². The molecule has 1 fully saturated rings. The van der Waals surface area contributed by atoms with Gasteiger partial charge in [0.1, 0.15) is 0 Å². The van der Waals surface area contributed by atoms with Crippen molar-refractivity contribution in [3.63, 3.8) is 0 Å². The molecular formula is C6H8S3. The van der Waals surface area contributed by atoms with Crippen LogP contribution in [0.1, 0.15) is 6.42 Å². The predicted molar refractivity (Wildman–Crippen MR) is 48.8 cm³/mol. The summed E-state index contributed by atoms with van der Waals surface area (Å²) in [7, 11) is -1.08. The van der Waals surface area contributed by atoms with Gasteiger partial charge in [-0.2, -0.15) is 0 Å². The van der Waals surface area contributed by atoms with Crippen molar-refractivity contribution in [2.45, 2.75) is 6.42 Å². The van der Waals surface area contributed by atoms with Crippen LogP contribution in [0.25, 0.3) is 0 Å². The Kier molecular flexibility index (Phi) is 2.10. The molecule has 1 rings (SSSR count). The van der Waals surface area contributed by atoms with Gasteiger partial charge in [0.15, 0.2) is 0 Å². The summed E-state index contributed by atoms with van der Waals surface area (Å²) in [4.78, 5) is 0. The summed E-state index contributed by atoms with van der Waals surface area (Å²) >= 11 is 10.3. The summed E-state index contributed by atoms with van der Waals surface area (Å²) in [6.07, 6.45) is 6.29. The summed E-state index contributed by atoms with van der Waals surface area (Å²) in [6.45, 7) is 0. The van der Waals surface area contributed by atoms with E-state index < -0.39 is 7.15 Å². The summed E-state index contributed by atoms with van der Waals surface area (Å²) in [5, 5.41) is 0. The SMILES string of the molecule is C#CC1CCS(=S)(=S)C1. The van der Waals surface area contributed by atoms with Gasteiger partial charge in [-0.25, -0.2) is 0 Å². The second-order valence-electron chi connectivity index (χ2n) is 2.27. The third-order valence-electron chi connectivity index (χ3n) is 1.47. The van der Waals surface area contributed by atoms with Gasteiger partial charge in [0.05, 0.1) is 0 Å². The zero-order valence-electron chi connectivity index (χ0n) is 5.00. The standard InChI is InChI=1S/C6H8S3/c1-2-6-3-4-9(7,8)5-6/h1,6H,3-5H2. The molecule has 1 unspecified atom stereocenters. The van der Waals surface area contributed by atoms with E-state index in [0.717, 1.165) is 17.9 Å². The normalized spacial score (nSPS) is 31.7. The monoisotopic (exact) mass is 176 g/mol. The molecule has 50 valence electrons. The van der Waals surface area contributed by atoms with Crippen LogP contribution in [0, 0.1) is 18.3 Å². The Hall–Kier alpha value is 0.350. The van der Waals surface area contributed by atoms with Crippen molar-refractivity contribution in [3.8, 4) is 12.3 Å². The van der Waals surface area contributed by atoms with Gasteiger partial charge in [-0.05, 0) is 28.8 Å². The van der Waals surface area contributed by atoms with E-state index in [-0.39, 0.29) is 0 Å². The van der Waals surface area contributed by atoms with E-state index in [1.54, 1.807) is 0 Å². The van der Waals surface area contributed by atoms with Gasteiger partial charge < -0.3 is 0 Å².